The summed E-state index contributed by atoms with van der Waals surface area (Å²) in [7, 11) is -2.07. The van der Waals surface area contributed by atoms with Crippen LogP contribution in [0.1, 0.15) is 17.5 Å². The van der Waals surface area contributed by atoms with Crippen LogP contribution in [0.3, 0.4) is 0 Å². The molecule has 1 rings (SSSR count). The molecule has 6 heteroatoms. The second-order valence-corrected chi connectivity index (χ2v) is 6.22. The summed E-state index contributed by atoms with van der Waals surface area (Å²) in [5.74, 6) is 5.18. The molecule has 0 bridgehead atoms. The van der Waals surface area contributed by atoms with Gasteiger partial charge in [0.2, 0.25) is 10.0 Å². The van der Waals surface area contributed by atoms with Crippen molar-refractivity contribution >= 4 is 10.0 Å². The fraction of sp³-hybridized carbons (Fsp3) is 0.357. The summed E-state index contributed by atoms with van der Waals surface area (Å²) >= 11 is 0. The van der Waals surface area contributed by atoms with Crippen LogP contribution in [-0.4, -0.2) is 37.2 Å². The maximum absolute atomic E-state index is 11.6. The highest BCUT2D eigenvalue weighted by atomic mass is 32.2. The largest absolute Gasteiger partial charge is 0.395 e. The Morgan fingerprint density at radius 2 is 1.95 bits per heavy atom. The molecule has 0 fully saturated rings. The Morgan fingerprint density at radius 1 is 1.30 bits per heavy atom. The summed E-state index contributed by atoms with van der Waals surface area (Å²) in [6.07, 6.45) is 0.427. The molecule has 0 amide bonds. The average Bonchev–Trinajstić information content (AvgIpc) is 2.41. The number of sulfonamides is 1. The maximum Gasteiger partial charge on any atom is 0.227 e. The molecule has 1 aromatic rings. The summed E-state index contributed by atoms with van der Waals surface area (Å²) in [5, 5.41) is 17.1. The van der Waals surface area contributed by atoms with Crippen molar-refractivity contribution in [2.75, 3.05) is 19.4 Å². The van der Waals surface area contributed by atoms with Crippen molar-refractivity contribution < 1.29 is 13.5 Å². The number of hydrogen-bond donors (Lipinski definition) is 1. The van der Waals surface area contributed by atoms with Crippen molar-refractivity contribution in [3.8, 4) is 17.9 Å². The molecule has 0 aliphatic heterocycles. The van der Waals surface area contributed by atoms with Crippen LogP contribution in [0.25, 0.3) is 0 Å². The van der Waals surface area contributed by atoms with Crippen LogP contribution in [0.2, 0.25) is 0 Å². The lowest BCUT2D eigenvalue weighted by Crippen LogP contribution is -2.28. The third kappa shape index (κ3) is 5.02. The second kappa shape index (κ2) is 7.66. The minimum Gasteiger partial charge on any atom is -0.395 e. The standard InChI is InChI=1S/C14H16N2O3S/c1-16(20(18,19)11-9-15)12-14-7-5-13(6-8-14)4-2-3-10-17/h5-8,17H,3,10-12H2,1H3. The summed E-state index contributed by atoms with van der Waals surface area (Å²) < 4.78 is 24.4. The first-order valence-electron chi connectivity index (χ1n) is 5.99. The summed E-state index contributed by atoms with van der Waals surface area (Å²) in [5.41, 5.74) is 1.63. The highest BCUT2D eigenvalue weighted by Gasteiger charge is 2.17. The first-order chi connectivity index (χ1) is 9.49. The van der Waals surface area contributed by atoms with E-state index in [1.807, 2.05) is 0 Å². The number of benzene rings is 1. The topological polar surface area (TPSA) is 81.4 Å². The van der Waals surface area contributed by atoms with Crippen LogP contribution in [0, 0.1) is 23.2 Å². The van der Waals surface area contributed by atoms with E-state index in [9.17, 15) is 8.42 Å². The van der Waals surface area contributed by atoms with E-state index < -0.39 is 15.8 Å². The molecule has 0 heterocycles. The van der Waals surface area contributed by atoms with Gasteiger partial charge in [0.15, 0.2) is 5.75 Å². The van der Waals surface area contributed by atoms with Crippen LogP contribution in [0.5, 0.6) is 0 Å². The van der Waals surface area contributed by atoms with Crippen molar-refractivity contribution in [1.82, 2.24) is 4.31 Å². The SMILES string of the molecule is CN(Cc1ccc(C#CCCO)cc1)S(=O)(=O)CC#N. The minimum absolute atomic E-state index is 0.0344. The molecule has 0 atom stereocenters. The highest BCUT2D eigenvalue weighted by Crippen LogP contribution is 2.09. The molecular formula is C14H16N2O3S. The van der Waals surface area contributed by atoms with E-state index in [0.717, 1.165) is 15.4 Å². The van der Waals surface area contributed by atoms with Gasteiger partial charge >= 0.3 is 0 Å². The number of rotatable bonds is 5. The van der Waals surface area contributed by atoms with Gasteiger partial charge < -0.3 is 5.11 Å². The Morgan fingerprint density at radius 3 is 2.50 bits per heavy atom. The fourth-order valence-corrected chi connectivity index (χ4v) is 2.19. The lowest BCUT2D eigenvalue weighted by molar-refractivity contribution is 0.305. The number of hydrogen-bond acceptors (Lipinski definition) is 4. The fourth-order valence-electron chi connectivity index (χ4n) is 1.46. The quantitative estimate of drug-likeness (QED) is 0.810. The average molecular weight is 292 g/mol. The number of aliphatic hydroxyl groups excluding tert-OH is 1. The molecule has 20 heavy (non-hydrogen) atoms. The van der Waals surface area contributed by atoms with Gasteiger partial charge in [0.25, 0.3) is 0 Å². The van der Waals surface area contributed by atoms with Crippen molar-refractivity contribution in [2.45, 2.75) is 13.0 Å². The molecule has 0 unspecified atom stereocenters. The van der Waals surface area contributed by atoms with E-state index in [2.05, 4.69) is 11.8 Å². The predicted molar refractivity (Wildman–Crippen MR) is 75.9 cm³/mol. The monoisotopic (exact) mass is 292 g/mol. The van der Waals surface area contributed by atoms with Crippen LogP contribution < -0.4 is 0 Å². The Bertz CT molecular complexity index is 634. The molecule has 0 saturated carbocycles. The second-order valence-electron chi connectivity index (χ2n) is 4.14. The molecule has 0 aromatic heterocycles. The van der Waals surface area contributed by atoms with E-state index in [4.69, 9.17) is 10.4 Å². The summed E-state index contributed by atoms with van der Waals surface area (Å²) in [6.45, 7) is 0.251. The van der Waals surface area contributed by atoms with Crippen molar-refractivity contribution in [3.05, 3.63) is 35.4 Å². The molecule has 5 nitrogen and oxygen atoms in total. The zero-order valence-corrected chi connectivity index (χ0v) is 12.0. The van der Waals surface area contributed by atoms with Gasteiger partial charge in [0.1, 0.15) is 0 Å². The zero-order chi connectivity index (χ0) is 15.0. The molecule has 1 N–H and O–H groups in total. The first-order valence-corrected chi connectivity index (χ1v) is 7.60. The van der Waals surface area contributed by atoms with Crippen molar-refractivity contribution in [1.29, 1.82) is 5.26 Å². The van der Waals surface area contributed by atoms with Crippen LogP contribution in [0.15, 0.2) is 24.3 Å². The van der Waals surface area contributed by atoms with Gasteiger partial charge in [-0.15, -0.1) is 0 Å². The first kappa shape index (κ1) is 16.2. The Hall–Kier alpha value is -1.86. The Kier molecular flexibility index (Phi) is 6.20. The molecule has 0 aliphatic carbocycles. The number of nitriles is 1. The lowest BCUT2D eigenvalue weighted by Gasteiger charge is -2.15. The van der Waals surface area contributed by atoms with E-state index in [0.29, 0.717) is 6.42 Å². The van der Waals surface area contributed by atoms with Crippen molar-refractivity contribution in [3.63, 3.8) is 0 Å². The van der Waals surface area contributed by atoms with E-state index in [1.54, 1.807) is 30.3 Å². The number of nitrogens with zero attached hydrogens (tertiary/aromatic N) is 2. The van der Waals surface area contributed by atoms with Crippen LogP contribution in [0.4, 0.5) is 0 Å². The van der Waals surface area contributed by atoms with Gasteiger partial charge in [-0.05, 0) is 17.7 Å². The highest BCUT2D eigenvalue weighted by molar-refractivity contribution is 7.89. The molecule has 0 aliphatic rings. The lowest BCUT2D eigenvalue weighted by atomic mass is 10.1. The van der Waals surface area contributed by atoms with Gasteiger partial charge in [-0.1, -0.05) is 24.0 Å². The van der Waals surface area contributed by atoms with Crippen LogP contribution in [-0.2, 0) is 16.6 Å². The maximum atomic E-state index is 11.6. The van der Waals surface area contributed by atoms with E-state index in [-0.39, 0.29) is 13.2 Å². The molecule has 106 valence electrons. The number of aliphatic hydroxyl groups is 1. The van der Waals surface area contributed by atoms with Gasteiger partial charge in [-0.3, -0.25) is 0 Å². The zero-order valence-electron chi connectivity index (χ0n) is 11.2. The minimum atomic E-state index is -3.52. The van der Waals surface area contributed by atoms with E-state index in [1.165, 1.54) is 7.05 Å². The van der Waals surface area contributed by atoms with Gasteiger partial charge in [-0.25, -0.2) is 8.42 Å². The molecule has 0 radical (unpaired) electrons. The molecular weight excluding hydrogens is 276 g/mol. The predicted octanol–water partition coefficient (Wildman–Crippen LogP) is 0.706. The van der Waals surface area contributed by atoms with Gasteiger partial charge in [-0.2, -0.15) is 9.57 Å². The van der Waals surface area contributed by atoms with E-state index >= 15 is 0 Å². The van der Waals surface area contributed by atoms with Gasteiger partial charge in [0.05, 0.1) is 12.7 Å². The van der Waals surface area contributed by atoms with Gasteiger partial charge in [0, 0.05) is 25.6 Å². The molecule has 0 saturated heterocycles. The third-order valence-corrected chi connectivity index (χ3v) is 4.12. The molecule has 0 spiro atoms. The normalized spacial score (nSPS) is 10.7. The third-order valence-electron chi connectivity index (χ3n) is 2.55. The molecule has 1 aromatic carbocycles. The van der Waals surface area contributed by atoms with Crippen LogP contribution >= 0.6 is 0 Å². The Labute approximate surface area is 119 Å². The summed E-state index contributed by atoms with van der Waals surface area (Å²) in [6, 6.07) is 8.82. The Balaban J connectivity index is 2.72. The smallest absolute Gasteiger partial charge is 0.227 e. The van der Waals surface area contributed by atoms with Crippen molar-refractivity contribution in [2.24, 2.45) is 0 Å². The summed E-state index contributed by atoms with van der Waals surface area (Å²) in [4.78, 5) is 0.